The van der Waals surface area contributed by atoms with E-state index < -0.39 is 10.9 Å². The Morgan fingerprint density at radius 3 is 2.52 bits per heavy atom. The van der Waals surface area contributed by atoms with Crippen LogP contribution >= 0.6 is 0 Å². The van der Waals surface area contributed by atoms with Crippen molar-refractivity contribution in [1.29, 1.82) is 0 Å². The Balaban J connectivity index is 1.78. The van der Waals surface area contributed by atoms with Crippen molar-refractivity contribution >= 4 is 17.6 Å². The summed E-state index contributed by atoms with van der Waals surface area (Å²) >= 11 is 0. The van der Waals surface area contributed by atoms with Gasteiger partial charge in [-0.1, -0.05) is 0 Å². The largest absolute Gasteiger partial charge is 0.481 e. The molecule has 2 aliphatic rings. The van der Waals surface area contributed by atoms with Gasteiger partial charge in [0.1, 0.15) is 0 Å². The van der Waals surface area contributed by atoms with Gasteiger partial charge in [-0.3, -0.25) is 19.7 Å². The summed E-state index contributed by atoms with van der Waals surface area (Å²) in [7, 11) is 0. The average Bonchev–Trinajstić information content (AvgIpc) is 2.98. The monoisotopic (exact) mass is 318 g/mol. The number of likely N-dealkylation sites (tertiary alicyclic amines) is 1. The normalized spacial score (nSPS) is 26.6. The Morgan fingerprint density at radius 2 is 1.91 bits per heavy atom. The number of aliphatic carboxylic acids is 1. The number of nitro benzene ring substituents is 1. The van der Waals surface area contributed by atoms with Crippen LogP contribution in [0.5, 0.6) is 0 Å². The molecule has 0 bridgehead atoms. The van der Waals surface area contributed by atoms with Gasteiger partial charge in [-0.05, 0) is 43.7 Å². The predicted octanol–water partition coefficient (Wildman–Crippen LogP) is 2.31. The Hall–Kier alpha value is -2.44. The van der Waals surface area contributed by atoms with Crippen LogP contribution in [-0.2, 0) is 4.79 Å². The summed E-state index contributed by atoms with van der Waals surface area (Å²) in [5, 5.41) is 19.9. The molecule has 3 atom stereocenters. The van der Waals surface area contributed by atoms with Crippen LogP contribution in [0.25, 0.3) is 0 Å². The van der Waals surface area contributed by atoms with E-state index in [1.807, 2.05) is 0 Å². The third kappa shape index (κ3) is 2.91. The van der Waals surface area contributed by atoms with E-state index in [1.54, 1.807) is 4.90 Å². The summed E-state index contributed by atoms with van der Waals surface area (Å²) in [6, 6.07) is 5.54. The third-order valence-electron chi connectivity index (χ3n) is 4.97. The molecule has 1 aliphatic heterocycles. The molecule has 7 nitrogen and oxygen atoms in total. The minimum atomic E-state index is -0.790. The summed E-state index contributed by atoms with van der Waals surface area (Å²) in [5.74, 6) is -1.09. The number of fused-ring (bicyclic) bond motifs is 1. The lowest BCUT2D eigenvalue weighted by molar-refractivity contribution is -0.384. The van der Waals surface area contributed by atoms with Gasteiger partial charge in [0, 0.05) is 30.3 Å². The molecule has 0 aromatic heterocycles. The minimum Gasteiger partial charge on any atom is -0.481 e. The number of nitro groups is 1. The third-order valence-corrected chi connectivity index (χ3v) is 4.97. The van der Waals surface area contributed by atoms with Crippen molar-refractivity contribution in [2.45, 2.75) is 31.7 Å². The van der Waals surface area contributed by atoms with Gasteiger partial charge in [0.25, 0.3) is 11.6 Å². The van der Waals surface area contributed by atoms with Crippen molar-refractivity contribution in [3.05, 3.63) is 39.9 Å². The number of carbonyl (C=O) groups excluding carboxylic acids is 1. The first-order valence-corrected chi connectivity index (χ1v) is 7.75. The van der Waals surface area contributed by atoms with Gasteiger partial charge >= 0.3 is 5.97 Å². The zero-order valence-corrected chi connectivity index (χ0v) is 12.6. The number of hydrogen-bond donors (Lipinski definition) is 1. The van der Waals surface area contributed by atoms with Crippen molar-refractivity contribution in [1.82, 2.24) is 4.90 Å². The summed E-state index contributed by atoms with van der Waals surface area (Å²) < 4.78 is 0. The highest BCUT2D eigenvalue weighted by Gasteiger charge is 2.44. The van der Waals surface area contributed by atoms with Crippen molar-refractivity contribution in [2.24, 2.45) is 11.8 Å². The topological polar surface area (TPSA) is 101 Å². The van der Waals surface area contributed by atoms with Gasteiger partial charge in [-0.25, -0.2) is 0 Å². The number of carboxylic acid groups (broad SMARTS) is 1. The van der Waals surface area contributed by atoms with Crippen LogP contribution in [0, 0.1) is 22.0 Å². The van der Waals surface area contributed by atoms with Gasteiger partial charge < -0.3 is 10.0 Å². The molecular formula is C16H18N2O5. The van der Waals surface area contributed by atoms with Crippen LogP contribution in [0.4, 0.5) is 5.69 Å². The number of amides is 1. The van der Waals surface area contributed by atoms with Crippen LogP contribution in [-0.4, -0.2) is 39.4 Å². The Kier molecular flexibility index (Phi) is 4.02. The van der Waals surface area contributed by atoms with Crippen molar-refractivity contribution < 1.29 is 19.6 Å². The van der Waals surface area contributed by atoms with E-state index in [4.69, 9.17) is 0 Å². The van der Waals surface area contributed by atoms with Crippen LogP contribution in [0.3, 0.4) is 0 Å². The van der Waals surface area contributed by atoms with E-state index in [1.165, 1.54) is 24.3 Å². The molecule has 3 rings (SSSR count). The van der Waals surface area contributed by atoms with Gasteiger partial charge in [-0.15, -0.1) is 0 Å². The SMILES string of the molecule is O=C(O)[C@@H]1C[C@@H]2CCCN(C(=O)c3ccc([N+](=O)[O-])cc3)[C@@H]2C1. The first kappa shape index (κ1) is 15.5. The number of hydrogen-bond acceptors (Lipinski definition) is 4. The second-order valence-corrected chi connectivity index (χ2v) is 6.28. The molecular weight excluding hydrogens is 300 g/mol. The molecule has 0 radical (unpaired) electrons. The lowest BCUT2D eigenvalue weighted by Crippen LogP contribution is -2.46. The highest BCUT2D eigenvalue weighted by atomic mass is 16.6. The summed E-state index contributed by atoms with van der Waals surface area (Å²) in [6.07, 6.45) is 2.95. The molecule has 122 valence electrons. The molecule has 1 saturated carbocycles. The lowest BCUT2D eigenvalue weighted by atomic mass is 9.91. The van der Waals surface area contributed by atoms with E-state index in [0.29, 0.717) is 24.9 Å². The van der Waals surface area contributed by atoms with Gasteiger partial charge in [-0.2, -0.15) is 0 Å². The maximum atomic E-state index is 12.7. The van der Waals surface area contributed by atoms with E-state index in [2.05, 4.69) is 0 Å². The number of benzene rings is 1. The number of carboxylic acids is 1. The second-order valence-electron chi connectivity index (χ2n) is 6.28. The van der Waals surface area contributed by atoms with E-state index >= 15 is 0 Å². The molecule has 1 amide bonds. The summed E-state index contributed by atoms with van der Waals surface area (Å²) in [6.45, 7) is 0.614. The van der Waals surface area contributed by atoms with E-state index in [9.17, 15) is 24.8 Å². The summed E-state index contributed by atoms with van der Waals surface area (Å²) in [5.41, 5.74) is 0.361. The van der Waals surface area contributed by atoms with E-state index in [0.717, 1.165) is 12.8 Å². The van der Waals surface area contributed by atoms with Crippen molar-refractivity contribution in [3.8, 4) is 0 Å². The van der Waals surface area contributed by atoms with Crippen molar-refractivity contribution in [2.75, 3.05) is 6.54 Å². The highest BCUT2D eigenvalue weighted by Crippen LogP contribution is 2.41. The van der Waals surface area contributed by atoms with E-state index in [-0.39, 0.29) is 29.5 Å². The average molecular weight is 318 g/mol. The number of non-ortho nitro benzene ring substituents is 1. The molecule has 1 saturated heterocycles. The zero-order valence-electron chi connectivity index (χ0n) is 12.6. The molecule has 1 heterocycles. The molecule has 0 unspecified atom stereocenters. The molecule has 2 fully saturated rings. The standard InChI is InChI=1S/C16H18N2O5/c19-15(10-3-5-13(6-4-10)18(22)23)17-7-1-2-11-8-12(16(20)21)9-14(11)17/h3-6,11-12,14H,1-2,7-9H2,(H,20,21)/t11-,12+,14+/m0/s1. The molecule has 1 N–H and O–H groups in total. The van der Waals surface area contributed by atoms with Crippen molar-refractivity contribution in [3.63, 3.8) is 0 Å². The molecule has 1 aromatic rings. The second kappa shape index (κ2) is 5.98. The van der Waals surface area contributed by atoms with Crippen LogP contribution in [0.1, 0.15) is 36.0 Å². The molecule has 7 heteroatoms. The fourth-order valence-corrected chi connectivity index (χ4v) is 3.83. The lowest BCUT2D eigenvalue weighted by Gasteiger charge is -2.37. The number of piperidine rings is 1. The molecule has 1 aromatic carbocycles. The van der Waals surface area contributed by atoms with Crippen LogP contribution in [0.2, 0.25) is 0 Å². The molecule has 1 aliphatic carbocycles. The number of carbonyl (C=O) groups is 2. The van der Waals surface area contributed by atoms with Crippen LogP contribution < -0.4 is 0 Å². The van der Waals surface area contributed by atoms with Gasteiger partial charge in [0.15, 0.2) is 0 Å². The Labute approximate surface area is 133 Å². The summed E-state index contributed by atoms with van der Waals surface area (Å²) in [4.78, 5) is 35.9. The smallest absolute Gasteiger partial charge is 0.306 e. The quantitative estimate of drug-likeness (QED) is 0.681. The first-order chi connectivity index (χ1) is 11.0. The highest BCUT2D eigenvalue weighted by molar-refractivity contribution is 5.94. The van der Waals surface area contributed by atoms with Gasteiger partial charge in [0.05, 0.1) is 10.8 Å². The maximum Gasteiger partial charge on any atom is 0.306 e. The zero-order chi connectivity index (χ0) is 16.6. The predicted molar refractivity (Wildman–Crippen MR) is 81.0 cm³/mol. The maximum absolute atomic E-state index is 12.7. The van der Waals surface area contributed by atoms with Gasteiger partial charge in [0.2, 0.25) is 0 Å². The first-order valence-electron chi connectivity index (χ1n) is 7.75. The Morgan fingerprint density at radius 1 is 1.22 bits per heavy atom. The fraction of sp³-hybridized carbons (Fsp3) is 0.500. The number of rotatable bonds is 3. The number of nitrogens with zero attached hydrogens (tertiary/aromatic N) is 2. The molecule has 23 heavy (non-hydrogen) atoms. The van der Waals surface area contributed by atoms with Crippen LogP contribution in [0.15, 0.2) is 24.3 Å². The fourth-order valence-electron chi connectivity index (χ4n) is 3.83. The minimum absolute atomic E-state index is 0.0347. The molecule has 0 spiro atoms. The Bertz CT molecular complexity index is 642.